The monoisotopic (exact) mass is 298 g/mol. The van der Waals surface area contributed by atoms with Crippen LogP contribution in [-0.2, 0) is 12.8 Å². The Bertz CT molecular complexity index is 704. The number of nitrogens with zero attached hydrogens (tertiary/aromatic N) is 4. The fourth-order valence-electron chi connectivity index (χ4n) is 2.35. The van der Waals surface area contributed by atoms with Gasteiger partial charge in [-0.2, -0.15) is 10.3 Å². The first-order valence-corrected chi connectivity index (χ1v) is 7.20. The number of rotatable bonds is 6. The third kappa shape index (κ3) is 3.37. The number of aryl methyl sites for hydroxylation is 2. The van der Waals surface area contributed by atoms with Crippen molar-refractivity contribution in [1.29, 1.82) is 0 Å². The molecule has 0 aliphatic heterocycles. The first-order valence-electron chi connectivity index (χ1n) is 7.20. The van der Waals surface area contributed by atoms with Crippen molar-refractivity contribution >= 4 is 0 Å². The standard InChI is InChI=1S/C15H18N6O/c1-10-2-4-11(5-3-10)8-12-9-16-17-13(12)6-7-14(22)15-18-20-21-19-15/h2-5,9,14,22H,6-8H2,1H3,(H,16,17)(H,18,19,20,21). The van der Waals surface area contributed by atoms with Crippen molar-refractivity contribution < 1.29 is 5.11 Å². The van der Waals surface area contributed by atoms with Crippen molar-refractivity contribution in [2.24, 2.45) is 0 Å². The first kappa shape index (κ1) is 14.4. The molecule has 0 bridgehead atoms. The molecule has 2 aromatic heterocycles. The maximum absolute atomic E-state index is 10.0. The quantitative estimate of drug-likeness (QED) is 0.639. The van der Waals surface area contributed by atoms with E-state index in [4.69, 9.17) is 0 Å². The first-order chi connectivity index (χ1) is 10.7. The zero-order valence-electron chi connectivity index (χ0n) is 12.3. The molecule has 7 heteroatoms. The van der Waals surface area contributed by atoms with E-state index in [0.29, 0.717) is 18.7 Å². The second-order valence-corrected chi connectivity index (χ2v) is 5.36. The third-order valence-corrected chi connectivity index (χ3v) is 3.65. The topological polar surface area (TPSA) is 103 Å². The SMILES string of the molecule is Cc1ccc(Cc2cn[nH]c2CCC(O)c2nn[nH]n2)cc1. The number of aliphatic hydroxyl groups excluding tert-OH is 1. The summed E-state index contributed by atoms with van der Waals surface area (Å²) >= 11 is 0. The molecule has 0 fully saturated rings. The molecule has 3 aromatic rings. The van der Waals surface area contributed by atoms with Gasteiger partial charge in [0.25, 0.3) is 0 Å². The summed E-state index contributed by atoms with van der Waals surface area (Å²) in [4.78, 5) is 0. The molecule has 0 radical (unpaired) electrons. The molecular weight excluding hydrogens is 280 g/mol. The average Bonchev–Trinajstić information content (AvgIpc) is 3.19. The van der Waals surface area contributed by atoms with Gasteiger partial charge in [-0.3, -0.25) is 5.10 Å². The molecule has 22 heavy (non-hydrogen) atoms. The van der Waals surface area contributed by atoms with Crippen LogP contribution in [0.4, 0.5) is 0 Å². The number of nitrogens with one attached hydrogen (secondary N) is 2. The normalized spacial score (nSPS) is 12.5. The Morgan fingerprint density at radius 1 is 1.23 bits per heavy atom. The van der Waals surface area contributed by atoms with Crippen molar-refractivity contribution in [2.45, 2.75) is 32.3 Å². The minimum atomic E-state index is -0.728. The molecule has 1 unspecified atom stereocenters. The van der Waals surface area contributed by atoms with Gasteiger partial charge in [0.1, 0.15) is 6.10 Å². The number of tetrazole rings is 1. The summed E-state index contributed by atoms with van der Waals surface area (Å²) in [5, 5.41) is 30.5. The maximum atomic E-state index is 10.0. The Hall–Kier alpha value is -2.54. The van der Waals surface area contributed by atoms with Gasteiger partial charge in [0.15, 0.2) is 0 Å². The summed E-state index contributed by atoms with van der Waals surface area (Å²) in [6.45, 7) is 2.08. The Balaban J connectivity index is 1.63. The second kappa shape index (κ2) is 6.48. The number of benzene rings is 1. The molecule has 1 atom stereocenters. The smallest absolute Gasteiger partial charge is 0.202 e. The van der Waals surface area contributed by atoms with Crippen molar-refractivity contribution in [3.63, 3.8) is 0 Å². The van der Waals surface area contributed by atoms with E-state index in [1.807, 2.05) is 6.20 Å². The fourth-order valence-corrected chi connectivity index (χ4v) is 2.35. The number of hydrogen-bond acceptors (Lipinski definition) is 5. The Morgan fingerprint density at radius 2 is 2.05 bits per heavy atom. The van der Waals surface area contributed by atoms with Gasteiger partial charge in [0, 0.05) is 12.1 Å². The van der Waals surface area contributed by atoms with Gasteiger partial charge in [-0.1, -0.05) is 35.0 Å². The number of aliphatic hydroxyl groups is 1. The van der Waals surface area contributed by atoms with E-state index in [2.05, 4.69) is 62.0 Å². The van der Waals surface area contributed by atoms with Crippen LogP contribution in [0.1, 0.15) is 40.7 Å². The Kier molecular flexibility index (Phi) is 4.24. The third-order valence-electron chi connectivity index (χ3n) is 3.65. The second-order valence-electron chi connectivity index (χ2n) is 5.36. The lowest BCUT2D eigenvalue weighted by Crippen LogP contribution is -2.03. The van der Waals surface area contributed by atoms with Crippen molar-refractivity contribution in [2.75, 3.05) is 0 Å². The average molecular weight is 298 g/mol. The van der Waals surface area contributed by atoms with E-state index in [9.17, 15) is 5.11 Å². The van der Waals surface area contributed by atoms with Crippen molar-refractivity contribution in [3.05, 3.63) is 58.7 Å². The summed E-state index contributed by atoms with van der Waals surface area (Å²) < 4.78 is 0. The molecular formula is C15H18N6O. The van der Waals surface area contributed by atoms with E-state index < -0.39 is 6.10 Å². The summed E-state index contributed by atoms with van der Waals surface area (Å²) in [5.41, 5.74) is 4.67. The Morgan fingerprint density at radius 3 is 2.77 bits per heavy atom. The van der Waals surface area contributed by atoms with Gasteiger partial charge in [0.2, 0.25) is 5.82 Å². The van der Waals surface area contributed by atoms with E-state index >= 15 is 0 Å². The van der Waals surface area contributed by atoms with Gasteiger partial charge in [-0.25, -0.2) is 0 Å². The lowest BCUT2D eigenvalue weighted by molar-refractivity contribution is 0.157. The minimum absolute atomic E-state index is 0.319. The van der Waals surface area contributed by atoms with E-state index in [1.165, 1.54) is 11.1 Å². The van der Waals surface area contributed by atoms with Gasteiger partial charge in [-0.05, 0) is 30.9 Å². The number of hydrogen-bond donors (Lipinski definition) is 3. The number of aromatic nitrogens is 6. The van der Waals surface area contributed by atoms with Crippen LogP contribution >= 0.6 is 0 Å². The van der Waals surface area contributed by atoms with Crippen LogP contribution in [0.2, 0.25) is 0 Å². The summed E-state index contributed by atoms with van der Waals surface area (Å²) in [5.74, 6) is 0.319. The maximum Gasteiger partial charge on any atom is 0.202 e. The van der Waals surface area contributed by atoms with Gasteiger partial charge >= 0.3 is 0 Å². The predicted octanol–water partition coefficient (Wildman–Crippen LogP) is 1.49. The van der Waals surface area contributed by atoms with Crippen LogP contribution in [0, 0.1) is 6.92 Å². The van der Waals surface area contributed by atoms with E-state index in [-0.39, 0.29) is 0 Å². The molecule has 0 aliphatic carbocycles. The lowest BCUT2D eigenvalue weighted by Gasteiger charge is -2.07. The Labute approximate surface area is 127 Å². The van der Waals surface area contributed by atoms with Gasteiger partial charge in [0.05, 0.1) is 6.20 Å². The lowest BCUT2D eigenvalue weighted by atomic mass is 10.0. The van der Waals surface area contributed by atoms with E-state index in [0.717, 1.165) is 17.7 Å². The van der Waals surface area contributed by atoms with Crippen LogP contribution in [0.25, 0.3) is 0 Å². The molecule has 0 saturated heterocycles. The largest absolute Gasteiger partial charge is 0.385 e. The summed E-state index contributed by atoms with van der Waals surface area (Å²) in [7, 11) is 0. The molecule has 1 aromatic carbocycles. The molecule has 0 aliphatic rings. The van der Waals surface area contributed by atoms with Crippen LogP contribution in [0.3, 0.4) is 0 Å². The van der Waals surface area contributed by atoms with Crippen molar-refractivity contribution in [1.82, 2.24) is 30.8 Å². The van der Waals surface area contributed by atoms with E-state index in [1.54, 1.807) is 0 Å². The van der Waals surface area contributed by atoms with Crippen LogP contribution in [0.5, 0.6) is 0 Å². The molecule has 7 nitrogen and oxygen atoms in total. The highest BCUT2D eigenvalue weighted by atomic mass is 16.3. The predicted molar refractivity (Wildman–Crippen MR) is 80.0 cm³/mol. The van der Waals surface area contributed by atoms with Crippen LogP contribution in [0.15, 0.2) is 30.5 Å². The molecule has 0 amide bonds. The molecule has 0 saturated carbocycles. The zero-order chi connectivity index (χ0) is 15.4. The number of aromatic amines is 2. The summed E-state index contributed by atoms with van der Waals surface area (Å²) in [6, 6.07) is 8.46. The van der Waals surface area contributed by atoms with Gasteiger partial charge in [-0.15, -0.1) is 10.2 Å². The molecule has 3 rings (SSSR count). The van der Waals surface area contributed by atoms with Crippen LogP contribution in [-0.4, -0.2) is 35.9 Å². The highest BCUT2D eigenvalue weighted by Gasteiger charge is 2.14. The molecule has 2 heterocycles. The highest BCUT2D eigenvalue weighted by molar-refractivity contribution is 5.29. The summed E-state index contributed by atoms with van der Waals surface area (Å²) in [6.07, 6.45) is 3.13. The number of H-pyrrole nitrogens is 2. The molecule has 3 N–H and O–H groups in total. The molecule has 114 valence electrons. The molecule has 0 spiro atoms. The van der Waals surface area contributed by atoms with Crippen molar-refractivity contribution in [3.8, 4) is 0 Å². The van der Waals surface area contributed by atoms with Crippen LogP contribution < -0.4 is 0 Å². The van der Waals surface area contributed by atoms with Gasteiger partial charge < -0.3 is 5.11 Å². The highest BCUT2D eigenvalue weighted by Crippen LogP contribution is 2.18. The minimum Gasteiger partial charge on any atom is -0.385 e. The fraction of sp³-hybridized carbons (Fsp3) is 0.333. The zero-order valence-corrected chi connectivity index (χ0v) is 12.3.